The smallest absolute Gasteiger partial charge is 0.248 e. The number of ether oxygens (including phenoxy) is 3. The first-order chi connectivity index (χ1) is 11.7. The lowest BCUT2D eigenvalue weighted by Gasteiger charge is -2.38. The second-order valence-electron chi connectivity index (χ2n) is 5.70. The summed E-state index contributed by atoms with van der Waals surface area (Å²) < 4.78 is 16.5. The van der Waals surface area contributed by atoms with Crippen molar-refractivity contribution in [1.29, 1.82) is 0 Å². The highest BCUT2D eigenvalue weighted by atomic mass is 16.5. The molecule has 0 aromatic heterocycles. The fourth-order valence-corrected chi connectivity index (χ4v) is 2.50. The average Bonchev–Trinajstić information content (AvgIpc) is 2.58. The lowest BCUT2D eigenvalue weighted by atomic mass is 10.1. The van der Waals surface area contributed by atoms with E-state index in [2.05, 4.69) is 0 Å². The summed E-state index contributed by atoms with van der Waals surface area (Å²) in [6.07, 6.45) is 0.0233. The summed E-state index contributed by atoms with van der Waals surface area (Å²) in [5, 5.41) is 0. The van der Waals surface area contributed by atoms with Gasteiger partial charge in [-0.1, -0.05) is 36.4 Å². The molecule has 0 bridgehead atoms. The number of benzene rings is 2. The van der Waals surface area contributed by atoms with E-state index >= 15 is 0 Å². The van der Waals surface area contributed by atoms with Crippen molar-refractivity contribution in [3.8, 4) is 11.5 Å². The number of methoxy groups -OCH3 is 1. The molecule has 5 nitrogen and oxygen atoms in total. The zero-order chi connectivity index (χ0) is 16.8. The molecule has 126 valence electrons. The molecule has 2 aromatic carbocycles. The Kier molecular flexibility index (Phi) is 5.33. The Labute approximate surface area is 141 Å². The Hall–Kier alpha value is -2.53. The van der Waals surface area contributed by atoms with E-state index in [0.717, 1.165) is 17.1 Å². The molecule has 0 atom stereocenters. The van der Waals surface area contributed by atoms with Gasteiger partial charge in [0.1, 0.15) is 24.2 Å². The lowest BCUT2D eigenvalue weighted by Crippen LogP contribution is -2.57. The Bertz CT molecular complexity index is 668. The number of hydrogen-bond acceptors (Lipinski definition) is 4. The number of rotatable bonds is 7. The minimum absolute atomic E-state index is 0.00331. The number of nitrogens with zero attached hydrogens (tertiary/aromatic N) is 1. The fourth-order valence-electron chi connectivity index (χ4n) is 2.50. The third-order valence-corrected chi connectivity index (χ3v) is 3.88. The molecule has 1 amide bonds. The van der Waals surface area contributed by atoms with E-state index < -0.39 is 0 Å². The Morgan fingerprint density at radius 1 is 1.08 bits per heavy atom. The fraction of sp³-hybridized carbons (Fsp3) is 0.316. The second kappa shape index (κ2) is 7.84. The van der Waals surface area contributed by atoms with Crippen LogP contribution in [0.25, 0.3) is 0 Å². The summed E-state index contributed by atoms with van der Waals surface area (Å²) in [5.74, 6) is 1.51. The van der Waals surface area contributed by atoms with Gasteiger partial charge in [0, 0.05) is 6.07 Å². The predicted octanol–water partition coefficient (Wildman–Crippen LogP) is 2.50. The van der Waals surface area contributed by atoms with Crippen molar-refractivity contribution in [2.24, 2.45) is 0 Å². The summed E-state index contributed by atoms with van der Waals surface area (Å²) in [7, 11) is 1.62. The van der Waals surface area contributed by atoms with Crippen LogP contribution in [0.1, 0.15) is 5.56 Å². The van der Waals surface area contributed by atoms with Crippen LogP contribution in [0.3, 0.4) is 0 Å². The first kappa shape index (κ1) is 16.3. The van der Waals surface area contributed by atoms with Crippen LogP contribution >= 0.6 is 0 Å². The third kappa shape index (κ3) is 4.26. The highest BCUT2D eigenvalue weighted by Crippen LogP contribution is 2.22. The van der Waals surface area contributed by atoms with Crippen LogP contribution < -0.4 is 9.47 Å². The van der Waals surface area contributed by atoms with Gasteiger partial charge >= 0.3 is 0 Å². The van der Waals surface area contributed by atoms with Crippen LogP contribution in [0, 0.1) is 0 Å². The summed E-state index contributed by atoms with van der Waals surface area (Å²) in [4.78, 5) is 13.8. The normalized spacial score (nSPS) is 14.1. The van der Waals surface area contributed by atoms with Crippen molar-refractivity contribution in [1.82, 2.24) is 4.90 Å². The van der Waals surface area contributed by atoms with Gasteiger partial charge in [0.15, 0.2) is 0 Å². The van der Waals surface area contributed by atoms with E-state index in [4.69, 9.17) is 14.2 Å². The van der Waals surface area contributed by atoms with Gasteiger partial charge in [-0.3, -0.25) is 4.79 Å². The molecule has 1 aliphatic heterocycles. The molecule has 0 radical (unpaired) electrons. The quantitative estimate of drug-likeness (QED) is 0.784. The largest absolute Gasteiger partial charge is 0.497 e. The molecular weight excluding hydrogens is 306 g/mol. The number of carbonyl (C=O) groups excluding carboxylic acids is 1. The molecule has 1 fully saturated rings. The first-order valence-electron chi connectivity index (χ1n) is 7.95. The molecule has 5 heteroatoms. The monoisotopic (exact) mass is 327 g/mol. The van der Waals surface area contributed by atoms with E-state index in [-0.39, 0.29) is 18.6 Å². The minimum atomic E-state index is -0.00331. The van der Waals surface area contributed by atoms with E-state index in [1.165, 1.54) is 0 Å². The number of carbonyl (C=O) groups is 1. The first-order valence-corrected chi connectivity index (χ1v) is 7.95. The van der Waals surface area contributed by atoms with E-state index in [1.807, 2.05) is 54.6 Å². The maximum atomic E-state index is 12.0. The molecule has 1 heterocycles. The Morgan fingerprint density at radius 3 is 2.58 bits per heavy atom. The van der Waals surface area contributed by atoms with Crippen LogP contribution in [0.5, 0.6) is 11.5 Å². The van der Waals surface area contributed by atoms with E-state index in [0.29, 0.717) is 19.7 Å². The summed E-state index contributed by atoms with van der Waals surface area (Å²) in [6.45, 7) is 1.72. The van der Waals surface area contributed by atoms with Crippen molar-refractivity contribution in [3.05, 3.63) is 60.2 Å². The Morgan fingerprint density at radius 2 is 1.83 bits per heavy atom. The molecular formula is C19H21NO4. The topological polar surface area (TPSA) is 48.0 Å². The van der Waals surface area contributed by atoms with Crippen molar-refractivity contribution < 1.29 is 19.0 Å². The van der Waals surface area contributed by atoms with Crippen molar-refractivity contribution in [2.75, 3.05) is 26.8 Å². The molecule has 0 N–H and O–H groups in total. The minimum Gasteiger partial charge on any atom is -0.497 e. The average molecular weight is 327 g/mol. The van der Waals surface area contributed by atoms with Crippen molar-refractivity contribution in [3.63, 3.8) is 0 Å². The number of likely N-dealkylation sites (tertiary alicyclic amines) is 1. The van der Waals surface area contributed by atoms with Gasteiger partial charge in [-0.25, -0.2) is 0 Å². The molecule has 0 saturated carbocycles. The number of amides is 1. The summed E-state index contributed by atoms with van der Waals surface area (Å²) in [5.41, 5.74) is 1.06. The predicted molar refractivity (Wildman–Crippen MR) is 90.1 cm³/mol. The molecule has 3 rings (SSSR count). The van der Waals surface area contributed by atoms with Gasteiger partial charge < -0.3 is 19.1 Å². The van der Waals surface area contributed by atoms with Crippen LogP contribution in [-0.2, 0) is 16.1 Å². The SMILES string of the molecule is COc1cccc(OC2CN(C(=O)COCc3ccccc3)C2)c1. The molecule has 1 aliphatic rings. The summed E-state index contributed by atoms with van der Waals surface area (Å²) >= 11 is 0. The van der Waals surface area contributed by atoms with Gasteiger partial charge in [-0.15, -0.1) is 0 Å². The molecule has 2 aromatic rings. The van der Waals surface area contributed by atoms with E-state index in [9.17, 15) is 4.79 Å². The zero-order valence-electron chi connectivity index (χ0n) is 13.7. The van der Waals surface area contributed by atoms with Gasteiger partial charge in [-0.05, 0) is 17.7 Å². The van der Waals surface area contributed by atoms with Crippen molar-refractivity contribution in [2.45, 2.75) is 12.7 Å². The van der Waals surface area contributed by atoms with Crippen molar-refractivity contribution >= 4 is 5.91 Å². The van der Waals surface area contributed by atoms with E-state index in [1.54, 1.807) is 12.0 Å². The van der Waals surface area contributed by atoms with Gasteiger partial charge in [0.05, 0.1) is 26.8 Å². The maximum absolute atomic E-state index is 12.0. The second-order valence-corrected chi connectivity index (χ2v) is 5.70. The third-order valence-electron chi connectivity index (χ3n) is 3.88. The van der Waals surface area contributed by atoms with Gasteiger partial charge in [0.2, 0.25) is 5.91 Å². The standard InChI is InChI=1S/C19H21NO4/c1-22-16-8-5-9-17(10-16)24-18-11-20(12-18)19(21)14-23-13-15-6-3-2-4-7-15/h2-10,18H,11-14H2,1H3. The molecule has 0 aliphatic carbocycles. The molecule has 0 spiro atoms. The van der Waals surface area contributed by atoms with Gasteiger partial charge in [-0.2, -0.15) is 0 Å². The van der Waals surface area contributed by atoms with Gasteiger partial charge in [0.25, 0.3) is 0 Å². The Balaban J connectivity index is 1.37. The lowest BCUT2D eigenvalue weighted by molar-refractivity contribution is -0.145. The van der Waals surface area contributed by atoms with Crippen LogP contribution in [0.2, 0.25) is 0 Å². The molecule has 24 heavy (non-hydrogen) atoms. The zero-order valence-corrected chi connectivity index (χ0v) is 13.7. The summed E-state index contributed by atoms with van der Waals surface area (Å²) in [6, 6.07) is 17.3. The molecule has 1 saturated heterocycles. The highest BCUT2D eigenvalue weighted by molar-refractivity contribution is 5.78. The number of hydrogen-bond donors (Lipinski definition) is 0. The van der Waals surface area contributed by atoms with Crippen LogP contribution in [0.4, 0.5) is 0 Å². The molecule has 0 unspecified atom stereocenters. The maximum Gasteiger partial charge on any atom is 0.248 e. The van der Waals surface area contributed by atoms with Crippen LogP contribution in [-0.4, -0.2) is 43.7 Å². The highest BCUT2D eigenvalue weighted by Gasteiger charge is 2.32. The van der Waals surface area contributed by atoms with Crippen LogP contribution in [0.15, 0.2) is 54.6 Å².